The number of rotatable bonds is 6. The molecular weight excluding hydrogens is 316 g/mol. The summed E-state index contributed by atoms with van der Waals surface area (Å²) < 4.78 is 5.17. The van der Waals surface area contributed by atoms with E-state index in [9.17, 15) is 9.59 Å². The van der Waals surface area contributed by atoms with E-state index in [-0.39, 0.29) is 11.9 Å². The Morgan fingerprint density at radius 3 is 2.48 bits per heavy atom. The molecule has 1 atom stereocenters. The van der Waals surface area contributed by atoms with E-state index in [1.807, 2.05) is 31.2 Å². The zero-order chi connectivity index (χ0) is 17.9. The summed E-state index contributed by atoms with van der Waals surface area (Å²) in [5.41, 5.74) is 0.334. The molecule has 2 fully saturated rings. The van der Waals surface area contributed by atoms with Gasteiger partial charge in [0.05, 0.1) is 7.11 Å². The lowest BCUT2D eigenvalue weighted by Crippen LogP contribution is -2.44. The Bertz CT molecular complexity index is 622. The Balaban J connectivity index is 1.60. The van der Waals surface area contributed by atoms with Crippen LogP contribution in [0.15, 0.2) is 24.3 Å². The lowest BCUT2D eigenvalue weighted by Gasteiger charge is -2.26. The van der Waals surface area contributed by atoms with E-state index >= 15 is 0 Å². The summed E-state index contributed by atoms with van der Waals surface area (Å²) in [6, 6.07) is 7.62. The maximum Gasteiger partial charge on any atom is 0.325 e. The van der Waals surface area contributed by atoms with Gasteiger partial charge in [-0.2, -0.15) is 0 Å². The Morgan fingerprint density at radius 2 is 1.84 bits per heavy atom. The predicted molar refractivity (Wildman–Crippen MR) is 96.5 cm³/mol. The van der Waals surface area contributed by atoms with Gasteiger partial charge >= 0.3 is 6.03 Å². The molecule has 1 N–H and O–H groups in total. The van der Waals surface area contributed by atoms with Crippen LogP contribution in [-0.4, -0.2) is 36.0 Å². The highest BCUT2D eigenvalue weighted by molar-refractivity contribution is 6.06. The lowest BCUT2D eigenvalue weighted by atomic mass is 9.88. The molecule has 25 heavy (non-hydrogen) atoms. The van der Waals surface area contributed by atoms with Gasteiger partial charge in [0, 0.05) is 6.54 Å². The highest BCUT2D eigenvalue weighted by atomic mass is 16.5. The first-order chi connectivity index (χ1) is 12.0. The van der Waals surface area contributed by atoms with Crippen molar-refractivity contribution in [2.24, 2.45) is 5.92 Å². The monoisotopic (exact) mass is 344 g/mol. The first-order valence-corrected chi connectivity index (χ1v) is 9.29. The van der Waals surface area contributed by atoms with Crippen molar-refractivity contribution in [1.82, 2.24) is 10.2 Å². The van der Waals surface area contributed by atoms with E-state index in [2.05, 4.69) is 5.32 Å². The second-order valence-electron chi connectivity index (χ2n) is 7.53. The van der Waals surface area contributed by atoms with Gasteiger partial charge in [-0.15, -0.1) is 0 Å². The molecule has 5 heteroatoms. The van der Waals surface area contributed by atoms with Crippen LogP contribution in [0.1, 0.15) is 51.0 Å². The summed E-state index contributed by atoms with van der Waals surface area (Å²) in [5, 5.41) is 2.93. The van der Waals surface area contributed by atoms with E-state index in [0.717, 1.165) is 30.6 Å². The van der Waals surface area contributed by atoms with Gasteiger partial charge in [0.1, 0.15) is 11.3 Å². The van der Waals surface area contributed by atoms with Crippen molar-refractivity contribution in [3.05, 3.63) is 29.8 Å². The molecule has 3 amide bonds. The van der Waals surface area contributed by atoms with Crippen molar-refractivity contribution in [2.45, 2.75) is 57.4 Å². The number of carbonyl (C=O) groups is 2. The van der Waals surface area contributed by atoms with Gasteiger partial charge in [-0.3, -0.25) is 9.69 Å². The average molecular weight is 344 g/mol. The maximum atomic E-state index is 12.9. The van der Waals surface area contributed by atoms with Crippen LogP contribution < -0.4 is 10.1 Å². The molecule has 1 saturated heterocycles. The maximum absolute atomic E-state index is 12.9. The third-order valence-electron chi connectivity index (χ3n) is 5.58. The van der Waals surface area contributed by atoms with Crippen molar-refractivity contribution in [1.29, 1.82) is 0 Å². The summed E-state index contributed by atoms with van der Waals surface area (Å²) in [6.45, 7) is 2.42. The fourth-order valence-electron chi connectivity index (χ4n) is 3.90. The van der Waals surface area contributed by atoms with Gasteiger partial charge in [-0.25, -0.2) is 4.79 Å². The van der Waals surface area contributed by atoms with E-state index < -0.39 is 5.54 Å². The molecular formula is C20H28N2O3. The van der Waals surface area contributed by atoms with E-state index in [1.54, 1.807) is 7.11 Å². The van der Waals surface area contributed by atoms with Crippen LogP contribution in [0.2, 0.25) is 0 Å². The molecule has 1 aromatic rings. The molecule has 0 aromatic heterocycles. The SMILES string of the molecule is COc1ccc(CC[C@@]2(C)NC(=O)N(CC3CCCCC3)C2=O)cc1. The van der Waals surface area contributed by atoms with Gasteiger partial charge in [0.15, 0.2) is 0 Å². The van der Waals surface area contributed by atoms with Crippen LogP contribution in [-0.2, 0) is 11.2 Å². The second kappa shape index (κ2) is 7.46. The van der Waals surface area contributed by atoms with E-state index in [1.165, 1.54) is 24.2 Å². The molecule has 0 unspecified atom stereocenters. The highest BCUT2D eigenvalue weighted by Gasteiger charge is 2.47. The Hall–Kier alpha value is -2.04. The molecule has 2 aliphatic rings. The number of carbonyl (C=O) groups excluding carboxylic acids is 2. The third-order valence-corrected chi connectivity index (χ3v) is 5.58. The minimum Gasteiger partial charge on any atom is -0.497 e. The van der Waals surface area contributed by atoms with Crippen molar-refractivity contribution < 1.29 is 14.3 Å². The third kappa shape index (κ3) is 3.97. The van der Waals surface area contributed by atoms with Crippen LogP contribution in [0.5, 0.6) is 5.75 Å². The van der Waals surface area contributed by atoms with Crippen molar-refractivity contribution in [3.63, 3.8) is 0 Å². The zero-order valence-electron chi connectivity index (χ0n) is 15.2. The molecule has 0 radical (unpaired) electrons. The van der Waals surface area contributed by atoms with Gasteiger partial charge in [-0.05, 0) is 56.2 Å². The van der Waals surface area contributed by atoms with Crippen LogP contribution in [0, 0.1) is 5.92 Å². The second-order valence-corrected chi connectivity index (χ2v) is 7.53. The first-order valence-electron chi connectivity index (χ1n) is 9.29. The van der Waals surface area contributed by atoms with E-state index in [0.29, 0.717) is 18.9 Å². The fraction of sp³-hybridized carbons (Fsp3) is 0.600. The Kier molecular flexibility index (Phi) is 5.30. The van der Waals surface area contributed by atoms with Crippen LogP contribution in [0.4, 0.5) is 4.79 Å². The molecule has 1 aromatic carbocycles. The number of aryl methyl sites for hydroxylation is 1. The van der Waals surface area contributed by atoms with Gasteiger partial charge in [-0.1, -0.05) is 31.4 Å². The van der Waals surface area contributed by atoms with Gasteiger partial charge < -0.3 is 10.1 Å². The van der Waals surface area contributed by atoms with Gasteiger partial charge in [0.2, 0.25) is 0 Å². The van der Waals surface area contributed by atoms with Crippen molar-refractivity contribution in [3.8, 4) is 5.75 Å². The molecule has 1 aliphatic carbocycles. The normalized spacial score (nSPS) is 24.5. The predicted octanol–water partition coefficient (Wildman–Crippen LogP) is 3.52. The Labute approximate surface area is 149 Å². The highest BCUT2D eigenvalue weighted by Crippen LogP contribution is 2.29. The molecule has 136 valence electrons. The number of imide groups is 1. The van der Waals surface area contributed by atoms with E-state index in [4.69, 9.17) is 4.74 Å². The number of amides is 3. The van der Waals surface area contributed by atoms with Crippen LogP contribution in [0.25, 0.3) is 0 Å². The van der Waals surface area contributed by atoms with Crippen molar-refractivity contribution in [2.75, 3.05) is 13.7 Å². The van der Waals surface area contributed by atoms with Crippen LogP contribution >= 0.6 is 0 Å². The molecule has 1 aliphatic heterocycles. The number of nitrogens with zero attached hydrogens (tertiary/aromatic N) is 1. The molecule has 0 spiro atoms. The summed E-state index contributed by atoms with van der Waals surface area (Å²) in [7, 11) is 1.64. The zero-order valence-corrected chi connectivity index (χ0v) is 15.2. The quantitative estimate of drug-likeness (QED) is 0.803. The molecule has 0 bridgehead atoms. The molecule has 1 saturated carbocycles. The summed E-state index contributed by atoms with van der Waals surface area (Å²) in [5.74, 6) is 1.21. The Morgan fingerprint density at radius 1 is 1.16 bits per heavy atom. The summed E-state index contributed by atoms with van der Waals surface area (Å²) >= 11 is 0. The standard InChI is InChI=1S/C20H28N2O3/c1-20(13-12-15-8-10-17(25-2)11-9-15)18(23)22(19(24)21-20)14-16-6-4-3-5-7-16/h8-11,16H,3-7,12-14H2,1-2H3,(H,21,24)/t20-/m1/s1. The fourth-order valence-corrected chi connectivity index (χ4v) is 3.90. The number of methoxy groups -OCH3 is 1. The van der Waals surface area contributed by atoms with Crippen LogP contribution in [0.3, 0.4) is 0 Å². The summed E-state index contributed by atoms with van der Waals surface area (Å²) in [4.78, 5) is 26.7. The smallest absolute Gasteiger partial charge is 0.325 e. The average Bonchev–Trinajstić information content (AvgIpc) is 2.85. The number of ether oxygens (including phenoxy) is 1. The largest absolute Gasteiger partial charge is 0.497 e. The number of benzene rings is 1. The summed E-state index contributed by atoms with van der Waals surface area (Å²) in [6.07, 6.45) is 7.29. The molecule has 1 heterocycles. The number of nitrogens with one attached hydrogen (secondary N) is 1. The number of hydrogen-bond acceptors (Lipinski definition) is 3. The van der Waals surface area contributed by atoms with Crippen molar-refractivity contribution >= 4 is 11.9 Å². The minimum absolute atomic E-state index is 0.0726. The molecule has 5 nitrogen and oxygen atoms in total. The number of urea groups is 1. The van der Waals surface area contributed by atoms with Gasteiger partial charge in [0.25, 0.3) is 5.91 Å². The number of hydrogen-bond donors (Lipinski definition) is 1. The first kappa shape index (κ1) is 17.8. The topological polar surface area (TPSA) is 58.6 Å². The minimum atomic E-state index is -0.800. The molecule has 3 rings (SSSR count). The lowest BCUT2D eigenvalue weighted by molar-refractivity contribution is -0.131.